The number of nitrogens with zero attached hydrogens (tertiary/aromatic N) is 1. The highest BCUT2D eigenvalue weighted by Crippen LogP contribution is 2.17. The molecule has 2 atom stereocenters. The molecule has 3 N–H and O–H groups in total. The van der Waals surface area contributed by atoms with Crippen molar-refractivity contribution >= 4 is 0 Å². The summed E-state index contributed by atoms with van der Waals surface area (Å²) in [5.74, 6) is 0.162. The largest absolute Gasteiger partial charge is 0.391 e. The maximum Gasteiger partial charge on any atom is 0.0756 e. The molecular weight excluding hydrogens is 164 g/mol. The average Bonchev–Trinajstić information content (AvgIpc) is 2.17. The van der Waals surface area contributed by atoms with Crippen LogP contribution in [0, 0.1) is 5.92 Å². The third-order valence-corrected chi connectivity index (χ3v) is 2.12. The zero-order valence-corrected chi connectivity index (χ0v) is 8.01. The summed E-state index contributed by atoms with van der Waals surface area (Å²) in [6, 6.07) is 3.36. The molecule has 13 heavy (non-hydrogen) atoms. The number of aliphatic hydroxyl groups is 1. The monoisotopic (exact) mass is 180 g/mol. The van der Waals surface area contributed by atoms with Crippen LogP contribution in [0.2, 0.25) is 0 Å². The Labute approximate surface area is 78.6 Å². The van der Waals surface area contributed by atoms with E-state index in [9.17, 15) is 5.11 Å². The molecule has 0 aliphatic carbocycles. The minimum atomic E-state index is -0.510. The fourth-order valence-corrected chi connectivity index (χ4v) is 1.18. The molecule has 0 spiro atoms. The van der Waals surface area contributed by atoms with Gasteiger partial charge in [-0.05, 0) is 17.5 Å². The normalized spacial score (nSPS) is 15.8. The lowest BCUT2D eigenvalue weighted by Gasteiger charge is -2.21. The number of hydrogen-bond donors (Lipinski definition) is 2. The van der Waals surface area contributed by atoms with Gasteiger partial charge in [0.15, 0.2) is 0 Å². The van der Waals surface area contributed by atoms with Gasteiger partial charge >= 0.3 is 0 Å². The second-order valence-electron chi connectivity index (χ2n) is 3.55. The molecule has 1 aromatic heterocycles. The van der Waals surface area contributed by atoms with Crippen LogP contribution < -0.4 is 5.73 Å². The van der Waals surface area contributed by atoms with Gasteiger partial charge in [0.2, 0.25) is 0 Å². The summed E-state index contributed by atoms with van der Waals surface area (Å²) < 4.78 is 0. The van der Waals surface area contributed by atoms with Crippen molar-refractivity contribution in [2.75, 3.05) is 0 Å². The second-order valence-corrected chi connectivity index (χ2v) is 3.55. The fourth-order valence-electron chi connectivity index (χ4n) is 1.18. The number of aliphatic hydroxyl groups excluding tert-OH is 1. The van der Waals surface area contributed by atoms with Crippen LogP contribution in [0.3, 0.4) is 0 Å². The fraction of sp³-hybridized carbons (Fsp3) is 0.500. The lowest BCUT2D eigenvalue weighted by molar-refractivity contribution is 0.0978. The van der Waals surface area contributed by atoms with Gasteiger partial charge in [0.25, 0.3) is 0 Å². The van der Waals surface area contributed by atoms with E-state index in [0.29, 0.717) is 0 Å². The first kappa shape index (κ1) is 10.2. The summed E-state index contributed by atoms with van der Waals surface area (Å²) in [6.45, 7) is 3.89. The lowest BCUT2D eigenvalue weighted by atomic mass is 9.96. The molecular formula is C10H16N2O. The molecule has 0 aliphatic heterocycles. The Hall–Kier alpha value is -0.930. The van der Waals surface area contributed by atoms with E-state index in [2.05, 4.69) is 4.98 Å². The average molecular weight is 180 g/mol. The Morgan fingerprint density at radius 3 is 2.62 bits per heavy atom. The van der Waals surface area contributed by atoms with Gasteiger partial charge in [0, 0.05) is 12.4 Å². The van der Waals surface area contributed by atoms with Crippen molar-refractivity contribution in [3.63, 3.8) is 0 Å². The Morgan fingerprint density at radius 1 is 1.46 bits per heavy atom. The third-order valence-electron chi connectivity index (χ3n) is 2.12. The number of rotatable bonds is 3. The van der Waals surface area contributed by atoms with E-state index >= 15 is 0 Å². The van der Waals surface area contributed by atoms with Crippen LogP contribution in [0.15, 0.2) is 24.5 Å². The lowest BCUT2D eigenvalue weighted by Crippen LogP contribution is -2.30. The van der Waals surface area contributed by atoms with Crippen molar-refractivity contribution < 1.29 is 5.11 Å². The summed E-state index contributed by atoms with van der Waals surface area (Å²) in [4.78, 5) is 3.96. The molecule has 0 saturated heterocycles. The van der Waals surface area contributed by atoms with Crippen molar-refractivity contribution in [2.45, 2.75) is 26.0 Å². The Balaban J connectivity index is 2.73. The molecule has 0 aromatic carbocycles. The highest BCUT2D eigenvalue weighted by atomic mass is 16.3. The smallest absolute Gasteiger partial charge is 0.0756 e. The number of aromatic nitrogens is 1. The maximum absolute atomic E-state index is 9.70. The van der Waals surface area contributed by atoms with Gasteiger partial charge in [0.05, 0.1) is 12.1 Å². The van der Waals surface area contributed by atoms with Gasteiger partial charge in [-0.3, -0.25) is 4.98 Å². The standard InChI is InChI=1S/C10H16N2O/c1-7(2)10(13)9(11)8-4-3-5-12-6-8/h3-7,9-10,13H,11H2,1-2H3. The van der Waals surface area contributed by atoms with Crippen molar-refractivity contribution in [3.8, 4) is 0 Å². The van der Waals surface area contributed by atoms with E-state index < -0.39 is 6.10 Å². The van der Waals surface area contributed by atoms with E-state index in [4.69, 9.17) is 5.73 Å². The van der Waals surface area contributed by atoms with Gasteiger partial charge in [-0.2, -0.15) is 0 Å². The Bertz CT molecular complexity index is 248. The van der Waals surface area contributed by atoms with Crippen molar-refractivity contribution in [1.82, 2.24) is 4.98 Å². The predicted molar refractivity (Wildman–Crippen MR) is 52.0 cm³/mol. The molecule has 1 aromatic rings. The summed E-state index contributed by atoms with van der Waals surface area (Å²) in [5.41, 5.74) is 6.73. The highest BCUT2D eigenvalue weighted by molar-refractivity contribution is 5.14. The first-order chi connectivity index (χ1) is 6.13. The number of hydrogen-bond acceptors (Lipinski definition) is 3. The van der Waals surface area contributed by atoms with E-state index in [-0.39, 0.29) is 12.0 Å². The van der Waals surface area contributed by atoms with Gasteiger partial charge in [-0.15, -0.1) is 0 Å². The summed E-state index contributed by atoms with van der Waals surface area (Å²) in [6.07, 6.45) is 2.87. The van der Waals surface area contributed by atoms with Gasteiger partial charge in [-0.25, -0.2) is 0 Å². The first-order valence-electron chi connectivity index (χ1n) is 4.46. The molecule has 2 unspecified atom stereocenters. The predicted octanol–water partition coefficient (Wildman–Crippen LogP) is 1.10. The molecule has 0 saturated carbocycles. The van der Waals surface area contributed by atoms with Crippen LogP contribution in [-0.4, -0.2) is 16.2 Å². The SMILES string of the molecule is CC(C)C(O)C(N)c1cccnc1. The third kappa shape index (κ3) is 2.50. The molecule has 72 valence electrons. The minimum Gasteiger partial charge on any atom is -0.391 e. The molecule has 0 amide bonds. The van der Waals surface area contributed by atoms with Crippen LogP contribution in [0.5, 0.6) is 0 Å². The van der Waals surface area contributed by atoms with Crippen molar-refractivity contribution in [1.29, 1.82) is 0 Å². The molecule has 0 bridgehead atoms. The zero-order chi connectivity index (χ0) is 9.84. The first-order valence-corrected chi connectivity index (χ1v) is 4.46. The molecule has 0 fully saturated rings. The maximum atomic E-state index is 9.70. The quantitative estimate of drug-likeness (QED) is 0.732. The van der Waals surface area contributed by atoms with E-state index in [1.54, 1.807) is 12.4 Å². The molecule has 0 radical (unpaired) electrons. The molecule has 1 rings (SSSR count). The Morgan fingerprint density at radius 2 is 2.15 bits per heavy atom. The van der Waals surface area contributed by atoms with E-state index in [0.717, 1.165) is 5.56 Å². The van der Waals surface area contributed by atoms with Crippen LogP contribution in [0.1, 0.15) is 25.5 Å². The van der Waals surface area contributed by atoms with Crippen LogP contribution in [-0.2, 0) is 0 Å². The van der Waals surface area contributed by atoms with E-state index in [1.165, 1.54) is 0 Å². The zero-order valence-electron chi connectivity index (χ0n) is 8.01. The number of nitrogens with two attached hydrogens (primary N) is 1. The minimum absolute atomic E-state index is 0.162. The number of pyridine rings is 1. The van der Waals surface area contributed by atoms with Gasteiger partial charge in [-0.1, -0.05) is 19.9 Å². The summed E-state index contributed by atoms with van der Waals surface area (Å²) >= 11 is 0. The van der Waals surface area contributed by atoms with Crippen LogP contribution in [0.4, 0.5) is 0 Å². The summed E-state index contributed by atoms with van der Waals surface area (Å²) in [5, 5.41) is 9.70. The highest BCUT2D eigenvalue weighted by Gasteiger charge is 2.19. The molecule has 0 aliphatic rings. The molecule has 3 heteroatoms. The van der Waals surface area contributed by atoms with Crippen LogP contribution >= 0.6 is 0 Å². The molecule has 1 heterocycles. The van der Waals surface area contributed by atoms with Crippen LogP contribution in [0.25, 0.3) is 0 Å². The summed E-state index contributed by atoms with van der Waals surface area (Å²) in [7, 11) is 0. The van der Waals surface area contributed by atoms with Gasteiger partial charge in [0.1, 0.15) is 0 Å². The van der Waals surface area contributed by atoms with Crippen molar-refractivity contribution in [2.24, 2.45) is 11.7 Å². The molecule has 3 nitrogen and oxygen atoms in total. The van der Waals surface area contributed by atoms with Crippen molar-refractivity contribution in [3.05, 3.63) is 30.1 Å². The Kier molecular flexibility index (Phi) is 3.39. The second kappa shape index (κ2) is 4.35. The topological polar surface area (TPSA) is 59.1 Å². The van der Waals surface area contributed by atoms with Gasteiger partial charge < -0.3 is 10.8 Å². The van der Waals surface area contributed by atoms with E-state index in [1.807, 2.05) is 26.0 Å².